The summed E-state index contributed by atoms with van der Waals surface area (Å²) in [6, 6.07) is 4.64. The van der Waals surface area contributed by atoms with Gasteiger partial charge in [-0.15, -0.1) is 0 Å². The molecule has 2 nitrogen and oxygen atoms in total. The molecule has 1 aromatic carbocycles. The minimum absolute atomic E-state index is 0.0348. The Kier molecular flexibility index (Phi) is 4.93. The second kappa shape index (κ2) is 5.99. The molecular weight excluding hydrogens is 273 g/mol. The van der Waals surface area contributed by atoms with E-state index in [1.54, 1.807) is 13.0 Å². The van der Waals surface area contributed by atoms with Gasteiger partial charge in [0.15, 0.2) is 0 Å². The third kappa shape index (κ3) is 3.59. The number of amides is 1. The molecular formula is C12H15BrFNO. The summed E-state index contributed by atoms with van der Waals surface area (Å²) in [6.07, 6.45) is 0.819. The molecule has 1 rings (SSSR count). The highest BCUT2D eigenvalue weighted by Gasteiger charge is 2.13. The van der Waals surface area contributed by atoms with Crippen LogP contribution in [0.15, 0.2) is 18.2 Å². The number of hydrogen-bond donors (Lipinski definition) is 1. The smallest absolute Gasteiger partial charge is 0.254 e. The average Bonchev–Trinajstić information content (AvgIpc) is 2.17. The summed E-state index contributed by atoms with van der Waals surface area (Å²) in [7, 11) is 0. The zero-order valence-corrected chi connectivity index (χ0v) is 11.0. The lowest BCUT2D eigenvalue weighted by Crippen LogP contribution is -2.33. The highest BCUT2D eigenvalue weighted by molar-refractivity contribution is 9.09. The number of benzene rings is 1. The van der Waals surface area contributed by atoms with E-state index in [0.717, 1.165) is 17.3 Å². The average molecular weight is 288 g/mol. The van der Waals surface area contributed by atoms with E-state index in [4.69, 9.17) is 0 Å². The highest BCUT2D eigenvalue weighted by Crippen LogP contribution is 2.10. The van der Waals surface area contributed by atoms with Gasteiger partial charge in [-0.05, 0) is 38.0 Å². The van der Waals surface area contributed by atoms with Gasteiger partial charge in [-0.1, -0.05) is 22.0 Å². The minimum atomic E-state index is -0.469. The van der Waals surface area contributed by atoms with Gasteiger partial charge in [-0.25, -0.2) is 4.39 Å². The van der Waals surface area contributed by atoms with Crippen LogP contribution < -0.4 is 5.32 Å². The largest absolute Gasteiger partial charge is 0.349 e. The van der Waals surface area contributed by atoms with Gasteiger partial charge in [0.25, 0.3) is 5.91 Å². The standard InChI is InChI=1S/C12H15BrFNO/c1-8-3-4-10(11(14)7-8)12(16)15-9(2)5-6-13/h3-4,7,9H,5-6H2,1-2H3,(H,15,16). The van der Waals surface area contributed by atoms with Crippen LogP contribution in [0.4, 0.5) is 4.39 Å². The molecule has 0 bridgehead atoms. The van der Waals surface area contributed by atoms with Gasteiger partial charge in [0.1, 0.15) is 5.82 Å². The molecule has 1 N–H and O–H groups in total. The van der Waals surface area contributed by atoms with E-state index in [1.807, 2.05) is 6.92 Å². The van der Waals surface area contributed by atoms with Crippen molar-refractivity contribution in [1.29, 1.82) is 0 Å². The molecule has 0 saturated carbocycles. The van der Waals surface area contributed by atoms with Crippen LogP contribution in [-0.4, -0.2) is 17.3 Å². The second-order valence-electron chi connectivity index (χ2n) is 3.84. The molecule has 1 aromatic rings. The summed E-state index contributed by atoms with van der Waals surface area (Å²) in [5.41, 5.74) is 0.912. The minimum Gasteiger partial charge on any atom is -0.349 e. The van der Waals surface area contributed by atoms with Gasteiger partial charge in [-0.3, -0.25) is 4.79 Å². The lowest BCUT2D eigenvalue weighted by Gasteiger charge is -2.12. The summed E-state index contributed by atoms with van der Waals surface area (Å²) in [6.45, 7) is 3.68. The molecule has 1 amide bonds. The lowest BCUT2D eigenvalue weighted by molar-refractivity contribution is 0.0935. The Hall–Kier alpha value is -0.900. The molecule has 0 aliphatic carbocycles. The third-order valence-corrected chi connectivity index (χ3v) is 2.75. The van der Waals surface area contributed by atoms with Crippen molar-refractivity contribution in [2.75, 3.05) is 5.33 Å². The number of rotatable bonds is 4. The fourth-order valence-corrected chi connectivity index (χ4v) is 2.03. The number of nitrogens with one attached hydrogen (secondary N) is 1. The van der Waals surface area contributed by atoms with Crippen molar-refractivity contribution in [1.82, 2.24) is 5.32 Å². The van der Waals surface area contributed by atoms with E-state index in [0.29, 0.717) is 0 Å². The first-order chi connectivity index (χ1) is 7.54. The number of halogens is 2. The van der Waals surface area contributed by atoms with Crippen LogP contribution in [0.25, 0.3) is 0 Å². The Balaban J connectivity index is 2.73. The normalized spacial score (nSPS) is 12.2. The van der Waals surface area contributed by atoms with Crippen LogP contribution in [0.2, 0.25) is 0 Å². The molecule has 0 radical (unpaired) electrons. The molecule has 0 heterocycles. The van der Waals surface area contributed by atoms with E-state index in [9.17, 15) is 9.18 Å². The monoisotopic (exact) mass is 287 g/mol. The number of aryl methyl sites for hydroxylation is 1. The van der Waals surface area contributed by atoms with Gasteiger partial charge in [-0.2, -0.15) is 0 Å². The molecule has 0 aliphatic heterocycles. The highest BCUT2D eigenvalue weighted by atomic mass is 79.9. The van der Waals surface area contributed by atoms with E-state index in [2.05, 4.69) is 21.2 Å². The number of carbonyl (C=O) groups is 1. The van der Waals surface area contributed by atoms with Gasteiger partial charge < -0.3 is 5.32 Å². The topological polar surface area (TPSA) is 29.1 Å². The first kappa shape index (κ1) is 13.2. The van der Waals surface area contributed by atoms with E-state index in [-0.39, 0.29) is 17.5 Å². The Bertz CT molecular complexity index is 381. The van der Waals surface area contributed by atoms with Crippen molar-refractivity contribution in [3.63, 3.8) is 0 Å². The maximum Gasteiger partial charge on any atom is 0.254 e. The summed E-state index contributed by atoms with van der Waals surface area (Å²) < 4.78 is 13.5. The van der Waals surface area contributed by atoms with Crippen LogP contribution in [0, 0.1) is 12.7 Å². The fourth-order valence-electron chi connectivity index (χ4n) is 1.34. The van der Waals surface area contributed by atoms with Crippen LogP contribution in [-0.2, 0) is 0 Å². The van der Waals surface area contributed by atoms with Crippen molar-refractivity contribution in [2.45, 2.75) is 26.3 Å². The first-order valence-corrected chi connectivity index (χ1v) is 6.29. The van der Waals surface area contributed by atoms with Crippen molar-refractivity contribution < 1.29 is 9.18 Å². The number of alkyl halides is 1. The van der Waals surface area contributed by atoms with Gasteiger partial charge >= 0.3 is 0 Å². The maximum absolute atomic E-state index is 13.5. The van der Waals surface area contributed by atoms with Gasteiger partial charge in [0.05, 0.1) is 5.56 Å². The molecule has 16 heavy (non-hydrogen) atoms. The molecule has 0 aliphatic rings. The fraction of sp³-hybridized carbons (Fsp3) is 0.417. The summed E-state index contributed by atoms with van der Waals surface area (Å²) in [5, 5.41) is 3.56. The molecule has 0 fully saturated rings. The number of carbonyl (C=O) groups excluding carboxylic acids is 1. The predicted octanol–water partition coefficient (Wildman–Crippen LogP) is 3.04. The molecule has 1 unspecified atom stereocenters. The Morgan fingerprint density at radius 3 is 2.81 bits per heavy atom. The van der Waals surface area contributed by atoms with Gasteiger partial charge in [0.2, 0.25) is 0 Å². The van der Waals surface area contributed by atoms with Crippen LogP contribution in [0.5, 0.6) is 0 Å². The van der Waals surface area contributed by atoms with Crippen LogP contribution in [0.3, 0.4) is 0 Å². The summed E-state index contributed by atoms with van der Waals surface area (Å²) in [5.74, 6) is -0.825. The SMILES string of the molecule is Cc1ccc(C(=O)NC(C)CCBr)c(F)c1. The van der Waals surface area contributed by atoms with Gasteiger partial charge in [0, 0.05) is 11.4 Å². The van der Waals surface area contributed by atoms with E-state index >= 15 is 0 Å². The maximum atomic E-state index is 13.5. The summed E-state index contributed by atoms with van der Waals surface area (Å²) >= 11 is 3.29. The third-order valence-electron chi connectivity index (χ3n) is 2.29. The van der Waals surface area contributed by atoms with Crippen molar-refractivity contribution in [3.8, 4) is 0 Å². The summed E-state index contributed by atoms with van der Waals surface area (Å²) in [4.78, 5) is 11.7. The molecule has 1 atom stereocenters. The molecule has 4 heteroatoms. The molecule has 88 valence electrons. The Labute approximate surface area is 103 Å². The van der Waals surface area contributed by atoms with E-state index in [1.165, 1.54) is 12.1 Å². The number of hydrogen-bond acceptors (Lipinski definition) is 1. The zero-order valence-electron chi connectivity index (χ0n) is 9.39. The van der Waals surface area contributed by atoms with Crippen LogP contribution in [0.1, 0.15) is 29.3 Å². The second-order valence-corrected chi connectivity index (χ2v) is 4.63. The Morgan fingerprint density at radius 2 is 2.25 bits per heavy atom. The van der Waals surface area contributed by atoms with Crippen molar-refractivity contribution >= 4 is 21.8 Å². The lowest BCUT2D eigenvalue weighted by atomic mass is 10.1. The Morgan fingerprint density at radius 1 is 1.56 bits per heavy atom. The molecule has 0 spiro atoms. The predicted molar refractivity (Wildman–Crippen MR) is 66.5 cm³/mol. The molecule has 0 aromatic heterocycles. The van der Waals surface area contributed by atoms with E-state index < -0.39 is 5.82 Å². The van der Waals surface area contributed by atoms with Crippen LogP contribution >= 0.6 is 15.9 Å². The zero-order chi connectivity index (χ0) is 12.1. The first-order valence-electron chi connectivity index (χ1n) is 5.17. The van der Waals surface area contributed by atoms with Crippen molar-refractivity contribution in [2.24, 2.45) is 0 Å². The quantitative estimate of drug-likeness (QED) is 0.848. The van der Waals surface area contributed by atoms with Crippen molar-refractivity contribution in [3.05, 3.63) is 35.1 Å². The molecule has 0 saturated heterocycles.